The van der Waals surface area contributed by atoms with E-state index in [1.807, 2.05) is 72.9 Å². The highest BCUT2D eigenvalue weighted by atomic mass is 15.0. The van der Waals surface area contributed by atoms with Gasteiger partial charge in [0, 0.05) is 55.4 Å². The molecule has 11 rings (SSSR count). The molecule has 0 fully saturated rings. The summed E-state index contributed by atoms with van der Waals surface area (Å²) in [6.45, 7) is 0. The summed E-state index contributed by atoms with van der Waals surface area (Å²) in [5.74, 6) is 1.89. The van der Waals surface area contributed by atoms with Crippen molar-refractivity contribution in [3.8, 4) is 45.4 Å². The minimum atomic E-state index is 0.626. The summed E-state index contributed by atoms with van der Waals surface area (Å²) in [5, 5.41) is 11.0. The number of rotatable bonds is 4. The van der Waals surface area contributed by atoms with Crippen LogP contribution in [0.15, 0.2) is 176 Å². The van der Waals surface area contributed by atoms with E-state index in [1.54, 1.807) is 0 Å². The van der Waals surface area contributed by atoms with Crippen molar-refractivity contribution in [2.24, 2.45) is 0 Å². The predicted octanol–water partition coefficient (Wildman–Crippen LogP) is 12.2. The molecule has 0 saturated heterocycles. The highest BCUT2D eigenvalue weighted by molar-refractivity contribution is 6.30. The molecule has 0 aliphatic carbocycles. The molecule has 250 valence electrons. The van der Waals surface area contributed by atoms with Crippen LogP contribution >= 0.6 is 0 Å². The Labute approximate surface area is 310 Å². The fraction of sp³-hybridized carbons (Fsp3) is 0. The number of hydrogen-bond donors (Lipinski definition) is 0. The van der Waals surface area contributed by atoms with Crippen LogP contribution in [-0.2, 0) is 0 Å². The Kier molecular flexibility index (Phi) is 6.79. The van der Waals surface area contributed by atoms with Crippen LogP contribution in [0.3, 0.4) is 0 Å². The average molecular weight is 688 g/mol. The van der Waals surface area contributed by atoms with Crippen LogP contribution in [0.4, 0.5) is 0 Å². The molecule has 3 heterocycles. The maximum Gasteiger partial charge on any atom is 0.165 e. The van der Waals surface area contributed by atoms with E-state index in [1.165, 1.54) is 0 Å². The zero-order valence-corrected chi connectivity index (χ0v) is 29.0. The number of hydrogen-bond acceptors (Lipinski definition) is 5. The Bertz CT molecular complexity index is 3150. The number of aromatic nitrogens is 5. The molecule has 3 aromatic heterocycles. The molecule has 0 unspecified atom stereocenters. The van der Waals surface area contributed by atoms with E-state index in [0.29, 0.717) is 17.5 Å². The highest BCUT2D eigenvalue weighted by Crippen LogP contribution is 2.46. The number of para-hydroxylation sites is 1. The second-order valence-electron chi connectivity index (χ2n) is 13.6. The average Bonchev–Trinajstić information content (AvgIpc) is 3.25. The van der Waals surface area contributed by atoms with E-state index >= 15 is 0 Å². The van der Waals surface area contributed by atoms with Crippen molar-refractivity contribution in [2.75, 3.05) is 0 Å². The summed E-state index contributed by atoms with van der Waals surface area (Å²) in [6.07, 6.45) is 1.89. The molecular weight excluding hydrogens is 659 g/mol. The SMILES string of the molecule is c1ccc(-c2nc(-c3ccccc3)nc(-c3c4ccccc4c(-c4nc5ccccc5c5c4ccc4ccc6cccnc6c45)c4ccccc34)n2)cc1. The molecule has 5 heteroatoms. The summed E-state index contributed by atoms with van der Waals surface area (Å²) in [5.41, 5.74) is 6.78. The second-order valence-corrected chi connectivity index (χ2v) is 13.6. The Morgan fingerprint density at radius 2 is 0.833 bits per heavy atom. The molecule has 0 saturated carbocycles. The van der Waals surface area contributed by atoms with Gasteiger partial charge in [0.1, 0.15) is 0 Å². The van der Waals surface area contributed by atoms with Gasteiger partial charge in [-0.15, -0.1) is 0 Å². The van der Waals surface area contributed by atoms with Crippen molar-refractivity contribution < 1.29 is 0 Å². The molecule has 0 aliphatic rings. The third-order valence-electron chi connectivity index (χ3n) is 10.5. The van der Waals surface area contributed by atoms with Crippen LogP contribution in [-0.4, -0.2) is 24.9 Å². The second kappa shape index (κ2) is 12.1. The molecule has 0 atom stereocenters. The molecule has 0 bridgehead atoms. The number of fused-ring (bicyclic) bond motifs is 9. The lowest BCUT2D eigenvalue weighted by Crippen LogP contribution is -2.02. The normalized spacial score (nSPS) is 11.7. The van der Waals surface area contributed by atoms with Gasteiger partial charge in [-0.1, -0.05) is 158 Å². The minimum absolute atomic E-state index is 0.626. The Balaban J connectivity index is 1.28. The van der Waals surface area contributed by atoms with Gasteiger partial charge in [0.15, 0.2) is 17.5 Å². The summed E-state index contributed by atoms with van der Waals surface area (Å²) < 4.78 is 0. The van der Waals surface area contributed by atoms with Crippen LogP contribution in [0.25, 0.3) is 110 Å². The first-order valence-corrected chi connectivity index (χ1v) is 18.1. The molecular formula is C49H29N5. The molecule has 0 radical (unpaired) electrons. The lowest BCUT2D eigenvalue weighted by atomic mass is 9.87. The van der Waals surface area contributed by atoms with Crippen LogP contribution in [0.5, 0.6) is 0 Å². The van der Waals surface area contributed by atoms with Crippen LogP contribution < -0.4 is 0 Å². The van der Waals surface area contributed by atoms with Gasteiger partial charge in [-0.25, -0.2) is 19.9 Å². The summed E-state index contributed by atoms with van der Waals surface area (Å²) in [6, 6.07) is 58.9. The van der Waals surface area contributed by atoms with Crippen molar-refractivity contribution in [3.63, 3.8) is 0 Å². The van der Waals surface area contributed by atoms with Gasteiger partial charge in [-0.3, -0.25) is 4.98 Å². The quantitative estimate of drug-likeness (QED) is 0.136. The first kappa shape index (κ1) is 30.3. The van der Waals surface area contributed by atoms with E-state index in [4.69, 9.17) is 24.9 Å². The zero-order chi connectivity index (χ0) is 35.6. The van der Waals surface area contributed by atoms with Gasteiger partial charge in [0.25, 0.3) is 0 Å². The topological polar surface area (TPSA) is 64.5 Å². The Morgan fingerprint density at radius 3 is 1.48 bits per heavy atom. The van der Waals surface area contributed by atoms with Gasteiger partial charge in [-0.05, 0) is 39.1 Å². The molecule has 0 N–H and O–H groups in total. The van der Waals surface area contributed by atoms with Crippen LogP contribution in [0.2, 0.25) is 0 Å². The van der Waals surface area contributed by atoms with E-state index in [9.17, 15) is 0 Å². The maximum atomic E-state index is 5.51. The maximum absolute atomic E-state index is 5.51. The predicted molar refractivity (Wildman–Crippen MR) is 222 cm³/mol. The summed E-state index contributed by atoms with van der Waals surface area (Å²) in [7, 11) is 0. The van der Waals surface area contributed by atoms with E-state index < -0.39 is 0 Å². The van der Waals surface area contributed by atoms with Crippen LogP contribution in [0.1, 0.15) is 0 Å². The Hall–Kier alpha value is -7.37. The molecule has 5 nitrogen and oxygen atoms in total. The van der Waals surface area contributed by atoms with Gasteiger partial charge in [0.05, 0.1) is 16.7 Å². The first-order chi connectivity index (χ1) is 26.8. The lowest BCUT2D eigenvalue weighted by Gasteiger charge is -2.19. The van der Waals surface area contributed by atoms with Crippen LogP contribution in [0, 0.1) is 0 Å². The van der Waals surface area contributed by atoms with Crippen molar-refractivity contribution in [1.29, 1.82) is 0 Å². The third-order valence-corrected chi connectivity index (χ3v) is 10.5. The summed E-state index contributed by atoms with van der Waals surface area (Å²) in [4.78, 5) is 25.9. The first-order valence-electron chi connectivity index (χ1n) is 18.1. The van der Waals surface area contributed by atoms with Crippen molar-refractivity contribution in [3.05, 3.63) is 176 Å². The summed E-state index contributed by atoms with van der Waals surface area (Å²) >= 11 is 0. The molecule has 54 heavy (non-hydrogen) atoms. The molecule has 0 amide bonds. The van der Waals surface area contributed by atoms with E-state index in [-0.39, 0.29) is 0 Å². The molecule has 11 aromatic rings. The third kappa shape index (κ3) is 4.69. The minimum Gasteiger partial charge on any atom is -0.256 e. The number of benzene rings is 8. The van der Waals surface area contributed by atoms with E-state index in [2.05, 4.69) is 103 Å². The zero-order valence-electron chi connectivity index (χ0n) is 29.0. The largest absolute Gasteiger partial charge is 0.256 e. The monoisotopic (exact) mass is 687 g/mol. The highest BCUT2D eigenvalue weighted by Gasteiger charge is 2.23. The van der Waals surface area contributed by atoms with Gasteiger partial charge in [0.2, 0.25) is 0 Å². The lowest BCUT2D eigenvalue weighted by molar-refractivity contribution is 1.08. The molecule has 0 spiro atoms. The van der Waals surface area contributed by atoms with Crippen molar-refractivity contribution >= 4 is 64.9 Å². The van der Waals surface area contributed by atoms with E-state index in [0.717, 1.165) is 92.8 Å². The number of pyridine rings is 2. The van der Waals surface area contributed by atoms with Gasteiger partial charge in [-0.2, -0.15) is 0 Å². The number of nitrogens with zero attached hydrogens (tertiary/aromatic N) is 5. The molecule has 8 aromatic carbocycles. The molecule has 0 aliphatic heterocycles. The fourth-order valence-corrected chi connectivity index (χ4v) is 8.13. The Morgan fingerprint density at radius 1 is 0.315 bits per heavy atom. The van der Waals surface area contributed by atoms with Gasteiger partial charge < -0.3 is 0 Å². The fourth-order valence-electron chi connectivity index (χ4n) is 8.13. The standard InChI is InChI=1S/C49H29N5/c1-3-14-32(15-4-1)47-52-48(33-16-5-2-6-17-33)54-49(53-47)44-36-21-9-7-19-34(36)43(35-20-8-10-22-37(35)44)46-39-28-27-30-25-26-31-18-13-29-50-45(31)41(30)42(39)38-23-11-12-24-40(38)51-46/h1-29H. The smallest absolute Gasteiger partial charge is 0.165 e. The van der Waals surface area contributed by atoms with Gasteiger partial charge >= 0.3 is 0 Å². The van der Waals surface area contributed by atoms with Crippen molar-refractivity contribution in [1.82, 2.24) is 24.9 Å². The van der Waals surface area contributed by atoms with Crippen molar-refractivity contribution in [2.45, 2.75) is 0 Å².